The summed E-state index contributed by atoms with van der Waals surface area (Å²) in [6, 6.07) is 11.0. The molecule has 0 saturated heterocycles. The zero-order chi connectivity index (χ0) is 21.1. The maximum absolute atomic E-state index is 11.0. The van der Waals surface area contributed by atoms with E-state index in [1.165, 1.54) is 0 Å². The van der Waals surface area contributed by atoms with Crippen molar-refractivity contribution in [1.29, 1.82) is 0 Å². The second-order valence-corrected chi connectivity index (χ2v) is 19.2. The lowest BCUT2D eigenvalue weighted by atomic mass is 9.95. The molecule has 0 aliphatic carbocycles. The zero-order valence-electron chi connectivity index (χ0n) is 17.2. The number of aliphatic hydroxyl groups is 1. The zero-order valence-corrected chi connectivity index (χ0v) is 20.8. The number of rotatable bonds is 2. The Balaban J connectivity index is 2.56. The largest absolute Gasteiger partial charge is 0.384 e. The highest BCUT2D eigenvalue weighted by atomic mass is 35.5. The number of halogens is 2. The van der Waals surface area contributed by atoms with Crippen LogP contribution in [0.5, 0.6) is 0 Å². The number of aliphatic hydroxyl groups excluding tert-OH is 1. The Morgan fingerprint density at radius 1 is 0.786 bits per heavy atom. The third-order valence-corrected chi connectivity index (χ3v) is 6.25. The van der Waals surface area contributed by atoms with Gasteiger partial charge in [-0.1, -0.05) is 86.5 Å². The van der Waals surface area contributed by atoms with Crippen LogP contribution in [0.15, 0.2) is 36.4 Å². The first-order chi connectivity index (χ1) is 12.9. The minimum absolute atomic E-state index is 0.422. The summed E-state index contributed by atoms with van der Waals surface area (Å²) in [5.41, 5.74) is 9.95. The molecule has 1 nitrogen and oxygen atoms in total. The highest BCUT2D eigenvalue weighted by Gasteiger charge is 2.17. The van der Waals surface area contributed by atoms with Gasteiger partial charge in [-0.05, 0) is 29.8 Å². The summed E-state index contributed by atoms with van der Waals surface area (Å²) in [5.74, 6) is 6.58. The molecule has 1 unspecified atom stereocenters. The molecule has 0 heterocycles. The SMILES string of the molecule is C[Si](C)(C)C#Cc1ccc(C(O)c2ccc(Cl)c(Cl)c2)c(C#C[Si](C)(C)C)c1. The average Bonchev–Trinajstić information content (AvgIpc) is 2.59. The van der Waals surface area contributed by atoms with Gasteiger partial charge in [0.2, 0.25) is 0 Å². The molecule has 146 valence electrons. The average molecular weight is 446 g/mol. The van der Waals surface area contributed by atoms with Gasteiger partial charge in [-0.15, -0.1) is 11.1 Å². The Hall–Kier alpha value is -1.47. The van der Waals surface area contributed by atoms with E-state index in [9.17, 15) is 5.11 Å². The van der Waals surface area contributed by atoms with Crippen molar-refractivity contribution in [2.75, 3.05) is 0 Å². The van der Waals surface area contributed by atoms with Crippen LogP contribution in [0.25, 0.3) is 0 Å². The summed E-state index contributed by atoms with van der Waals surface area (Å²) in [6.45, 7) is 13.2. The van der Waals surface area contributed by atoms with Gasteiger partial charge in [-0.25, -0.2) is 0 Å². The molecule has 2 aromatic rings. The van der Waals surface area contributed by atoms with Crippen molar-refractivity contribution in [3.8, 4) is 22.9 Å². The highest BCUT2D eigenvalue weighted by molar-refractivity contribution is 6.84. The second-order valence-electron chi connectivity index (χ2n) is 8.88. The van der Waals surface area contributed by atoms with Gasteiger partial charge >= 0.3 is 0 Å². The molecule has 0 saturated carbocycles. The van der Waals surface area contributed by atoms with E-state index in [0.717, 1.165) is 16.7 Å². The molecule has 1 atom stereocenters. The smallest absolute Gasteiger partial charge is 0.129 e. The van der Waals surface area contributed by atoms with Crippen LogP contribution < -0.4 is 0 Å². The van der Waals surface area contributed by atoms with Crippen molar-refractivity contribution in [1.82, 2.24) is 0 Å². The van der Waals surface area contributed by atoms with Gasteiger partial charge in [0.05, 0.1) is 10.0 Å². The molecule has 0 aliphatic heterocycles. The summed E-state index contributed by atoms with van der Waals surface area (Å²) in [5, 5.41) is 11.9. The van der Waals surface area contributed by atoms with E-state index in [1.807, 2.05) is 18.2 Å². The summed E-state index contributed by atoms with van der Waals surface area (Å²) in [6.07, 6.45) is -0.834. The van der Waals surface area contributed by atoms with Gasteiger partial charge in [-0.3, -0.25) is 0 Å². The summed E-state index contributed by atoms with van der Waals surface area (Å²) in [7, 11) is -3.04. The first kappa shape index (κ1) is 22.8. The lowest BCUT2D eigenvalue weighted by molar-refractivity contribution is 0.220. The third-order valence-electron chi connectivity index (χ3n) is 3.76. The minimum Gasteiger partial charge on any atom is -0.384 e. The first-order valence-corrected chi connectivity index (χ1v) is 16.9. The highest BCUT2D eigenvalue weighted by Crippen LogP contribution is 2.30. The molecule has 5 heteroatoms. The Labute approximate surface area is 181 Å². The van der Waals surface area contributed by atoms with Gasteiger partial charge in [0, 0.05) is 16.7 Å². The van der Waals surface area contributed by atoms with Crippen LogP contribution in [0.1, 0.15) is 28.4 Å². The Kier molecular flexibility index (Phi) is 7.26. The Bertz CT molecular complexity index is 994. The summed E-state index contributed by atoms with van der Waals surface area (Å²) in [4.78, 5) is 0. The van der Waals surface area contributed by atoms with Crippen molar-refractivity contribution >= 4 is 39.3 Å². The molecule has 2 rings (SSSR count). The predicted octanol–water partition coefficient (Wildman–Crippen LogP) is 6.53. The molecule has 0 radical (unpaired) electrons. The molecular formula is C23H26Cl2OSi2. The van der Waals surface area contributed by atoms with Crippen LogP contribution in [0.4, 0.5) is 0 Å². The van der Waals surface area contributed by atoms with Gasteiger partial charge in [0.1, 0.15) is 22.3 Å². The van der Waals surface area contributed by atoms with E-state index in [1.54, 1.807) is 18.2 Å². The predicted molar refractivity (Wildman–Crippen MR) is 127 cm³/mol. The van der Waals surface area contributed by atoms with Gasteiger partial charge in [0.25, 0.3) is 0 Å². The van der Waals surface area contributed by atoms with Crippen LogP contribution >= 0.6 is 23.2 Å². The van der Waals surface area contributed by atoms with Gasteiger partial charge in [-0.2, -0.15) is 0 Å². The molecule has 0 aromatic heterocycles. The lowest BCUT2D eigenvalue weighted by Crippen LogP contribution is -2.16. The molecule has 28 heavy (non-hydrogen) atoms. The summed E-state index contributed by atoms with van der Waals surface area (Å²) < 4.78 is 0. The molecule has 0 amide bonds. The van der Waals surface area contributed by atoms with Crippen molar-refractivity contribution in [3.05, 3.63) is 68.7 Å². The van der Waals surface area contributed by atoms with E-state index in [4.69, 9.17) is 23.2 Å². The fourth-order valence-electron chi connectivity index (χ4n) is 2.36. The topological polar surface area (TPSA) is 20.2 Å². The molecule has 0 spiro atoms. The fraction of sp³-hybridized carbons (Fsp3) is 0.304. The lowest BCUT2D eigenvalue weighted by Gasteiger charge is -2.15. The maximum atomic E-state index is 11.0. The van der Waals surface area contributed by atoms with Crippen LogP contribution in [0, 0.1) is 22.9 Å². The van der Waals surface area contributed by atoms with E-state index in [-0.39, 0.29) is 0 Å². The first-order valence-electron chi connectivity index (χ1n) is 9.19. The number of hydrogen-bond acceptors (Lipinski definition) is 1. The maximum Gasteiger partial charge on any atom is 0.129 e. The van der Waals surface area contributed by atoms with Crippen LogP contribution in [0.3, 0.4) is 0 Å². The van der Waals surface area contributed by atoms with Crippen LogP contribution in [-0.4, -0.2) is 21.3 Å². The molecule has 2 aromatic carbocycles. The molecule has 0 bridgehead atoms. The van der Waals surface area contributed by atoms with Crippen molar-refractivity contribution in [3.63, 3.8) is 0 Å². The summed E-state index contributed by atoms with van der Waals surface area (Å²) >= 11 is 12.1. The quantitative estimate of drug-likeness (QED) is 0.411. The van der Waals surface area contributed by atoms with E-state index < -0.39 is 22.3 Å². The fourth-order valence-corrected chi connectivity index (χ4v) is 3.69. The van der Waals surface area contributed by atoms with E-state index in [0.29, 0.717) is 15.6 Å². The standard InChI is InChI=1S/C23H26Cl2OSi2/c1-27(2,3)13-11-17-7-9-20(18(15-17)12-14-28(4,5)6)23(26)19-8-10-21(24)22(25)16-19/h7-10,15-16,23,26H,1-6H3. The molecular weight excluding hydrogens is 419 g/mol. The Morgan fingerprint density at radius 3 is 1.96 bits per heavy atom. The Morgan fingerprint density at radius 2 is 1.39 bits per heavy atom. The monoisotopic (exact) mass is 444 g/mol. The number of hydrogen-bond donors (Lipinski definition) is 1. The molecule has 0 fully saturated rings. The number of benzene rings is 2. The van der Waals surface area contributed by atoms with Crippen LogP contribution in [0.2, 0.25) is 49.3 Å². The van der Waals surface area contributed by atoms with Gasteiger partial charge in [0.15, 0.2) is 0 Å². The second kappa shape index (κ2) is 8.91. The van der Waals surface area contributed by atoms with Crippen molar-refractivity contribution < 1.29 is 5.11 Å². The molecule has 1 N–H and O–H groups in total. The van der Waals surface area contributed by atoms with E-state index >= 15 is 0 Å². The normalized spacial score (nSPS) is 12.5. The third kappa shape index (κ3) is 6.85. The van der Waals surface area contributed by atoms with Crippen LogP contribution in [-0.2, 0) is 0 Å². The minimum atomic E-state index is -1.57. The van der Waals surface area contributed by atoms with Gasteiger partial charge < -0.3 is 5.11 Å². The molecule has 0 aliphatic rings. The van der Waals surface area contributed by atoms with E-state index in [2.05, 4.69) is 62.2 Å². The van der Waals surface area contributed by atoms with Crippen molar-refractivity contribution in [2.24, 2.45) is 0 Å². The van der Waals surface area contributed by atoms with Crippen molar-refractivity contribution in [2.45, 2.75) is 45.4 Å².